The molecule has 1 aromatic heterocycles. The van der Waals surface area contributed by atoms with Gasteiger partial charge in [-0.25, -0.2) is 9.37 Å². The molecule has 1 unspecified atom stereocenters. The Labute approximate surface area is 112 Å². The Bertz CT molecular complexity index is 541. The van der Waals surface area contributed by atoms with E-state index in [1.165, 1.54) is 6.07 Å². The van der Waals surface area contributed by atoms with E-state index in [-0.39, 0.29) is 11.9 Å². The van der Waals surface area contributed by atoms with E-state index < -0.39 is 0 Å². The normalized spacial score (nSPS) is 12.2. The number of benzene rings is 1. The molecule has 1 heterocycles. The zero-order valence-corrected chi connectivity index (χ0v) is 11.0. The molecule has 0 bridgehead atoms. The van der Waals surface area contributed by atoms with Crippen molar-refractivity contribution in [1.29, 1.82) is 0 Å². The third kappa shape index (κ3) is 2.88. The van der Waals surface area contributed by atoms with Crippen molar-refractivity contribution in [2.24, 2.45) is 5.73 Å². The van der Waals surface area contributed by atoms with Crippen LogP contribution in [0.25, 0.3) is 0 Å². The van der Waals surface area contributed by atoms with Crippen molar-refractivity contribution in [1.82, 2.24) is 9.97 Å². The molecular formula is C14H17FN4. The summed E-state index contributed by atoms with van der Waals surface area (Å²) in [6.07, 6.45) is 3.29. The minimum Gasteiger partial charge on any atom is -0.352 e. The van der Waals surface area contributed by atoms with Crippen LogP contribution in [0.1, 0.15) is 24.2 Å². The maximum absolute atomic E-state index is 13.8. The Morgan fingerprint density at radius 3 is 2.58 bits per heavy atom. The molecule has 4 nitrogen and oxygen atoms in total. The molecule has 0 saturated heterocycles. The highest BCUT2D eigenvalue weighted by atomic mass is 19.1. The zero-order valence-electron chi connectivity index (χ0n) is 11.0. The number of anilines is 1. The van der Waals surface area contributed by atoms with E-state index in [1.54, 1.807) is 24.5 Å². The van der Waals surface area contributed by atoms with Gasteiger partial charge in [0.15, 0.2) is 0 Å². The van der Waals surface area contributed by atoms with Gasteiger partial charge in [0.25, 0.3) is 0 Å². The molecule has 19 heavy (non-hydrogen) atoms. The molecule has 0 aliphatic carbocycles. The summed E-state index contributed by atoms with van der Waals surface area (Å²) < 4.78 is 13.8. The fraction of sp³-hybridized carbons (Fsp3) is 0.286. The molecule has 100 valence electrons. The van der Waals surface area contributed by atoms with E-state index in [0.29, 0.717) is 17.9 Å². The first kappa shape index (κ1) is 13.4. The molecule has 0 radical (unpaired) electrons. The van der Waals surface area contributed by atoms with Gasteiger partial charge in [-0.3, -0.25) is 4.98 Å². The standard InChI is InChI=1S/C14H17FN4/c1-10(12-5-3-4-6-13(12)15)19(2)14-9-17-11(7-16)8-18-14/h3-6,8-10H,7,16H2,1-2H3. The first-order valence-corrected chi connectivity index (χ1v) is 6.11. The van der Waals surface area contributed by atoms with Gasteiger partial charge in [-0.15, -0.1) is 0 Å². The lowest BCUT2D eigenvalue weighted by Crippen LogP contribution is -2.23. The van der Waals surface area contributed by atoms with Crippen LogP contribution >= 0.6 is 0 Å². The first-order valence-electron chi connectivity index (χ1n) is 6.11. The molecule has 0 spiro atoms. The summed E-state index contributed by atoms with van der Waals surface area (Å²) in [5.74, 6) is 0.473. The summed E-state index contributed by atoms with van der Waals surface area (Å²) in [5.41, 5.74) is 6.85. The third-order valence-electron chi connectivity index (χ3n) is 3.20. The van der Waals surface area contributed by atoms with Crippen LogP contribution in [0.15, 0.2) is 36.7 Å². The maximum Gasteiger partial charge on any atom is 0.147 e. The van der Waals surface area contributed by atoms with Crippen LogP contribution in [0.3, 0.4) is 0 Å². The highest BCUT2D eigenvalue weighted by Crippen LogP contribution is 2.24. The molecule has 0 saturated carbocycles. The zero-order chi connectivity index (χ0) is 13.8. The van der Waals surface area contributed by atoms with Crippen LogP contribution in [0, 0.1) is 5.82 Å². The number of rotatable bonds is 4. The molecule has 2 rings (SSSR count). The second kappa shape index (κ2) is 5.75. The molecule has 0 aliphatic heterocycles. The molecule has 0 amide bonds. The number of halogens is 1. The Hall–Kier alpha value is -2.01. The summed E-state index contributed by atoms with van der Waals surface area (Å²) in [5, 5.41) is 0. The minimum atomic E-state index is -0.214. The molecule has 2 N–H and O–H groups in total. The van der Waals surface area contributed by atoms with Crippen molar-refractivity contribution in [3.05, 3.63) is 53.7 Å². The predicted octanol–water partition coefficient (Wildman–Crippen LogP) is 2.27. The van der Waals surface area contributed by atoms with Crippen molar-refractivity contribution in [2.75, 3.05) is 11.9 Å². The van der Waals surface area contributed by atoms with Crippen molar-refractivity contribution in [2.45, 2.75) is 19.5 Å². The van der Waals surface area contributed by atoms with Crippen molar-refractivity contribution in [3.63, 3.8) is 0 Å². The van der Waals surface area contributed by atoms with Gasteiger partial charge in [0, 0.05) is 19.2 Å². The summed E-state index contributed by atoms with van der Waals surface area (Å²) in [6.45, 7) is 2.29. The highest BCUT2D eigenvalue weighted by molar-refractivity contribution is 5.39. The van der Waals surface area contributed by atoms with Crippen molar-refractivity contribution in [3.8, 4) is 0 Å². The van der Waals surface area contributed by atoms with Crippen LogP contribution < -0.4 is 10.6 Å². The molecule has 1 aromatic carbocycles. The number of aromatic nitrogens is 2. The Morgan fingerprint density at radius 1 is 1.26 bits per heavy atom. The lowest BCUT2D eigenvalue weighted by Gasteiger charge is -2.26. The second-order valence-electron chi connectivity index (χ2n) is 4.38. The second-order valence-corrected chi connectivity index (χ2v) is 4.38. The summed E-state index contributed by atoms with van der Waals surface area (Å²) in [6, 6.07) is 6.62. The fourth-order valence-corrected chi connectivity index (χ4v) is 1.86. The van der Waals surface area contributed by atoms with Crippen molar-refractivity contribution >= 4 is 5.82 Å². The monoisotopic (exact) mass is 260 g/mol. The van der Waals surface area contributed by atoms with E-state index >= 15 is 0 Å². The van der Waals surface area contributed by atoms with Gasteiger partial charge in [-0.2, -0.15) is 0 Å². The van der Waals surface area contributed by atoms with Gasteiger partial charge in [0.1, 0.15) is 11.6 Å². The van der Waals surface area contributed by atoms with Crippen LogP contribution in [0.2, 0.25) is 0 Å². The summed E-state index contributed by atoms with van der Waals surface area (Å²) in [7, 11) is 1.86. The number of hydrogen-bond donors (Lipinski definition) is 1. The van der Waals surface area contributed by atoms with Gasteiger partial charge in [-0.1, -0.05) is 18.2 Å². The molecule has 0 aliphatic rings. The average molecular weight is 260 g/mol. The molecule has 0 fully saturated rings. The molecule has 5 heteroatoms. The Balaban J connectivity index is 2.23. The van der Waals surface area contributed by atoms with E-state index in [4.69, 9.17) is 5.73 Å². The summed E-state index contributed by atoms with van der Waals surface area (Å²) in [4.78, 5) is 10.4. The highest BCUT2D eigenvalue weighted by Gasteiger charge is 2.16. The molecule has 1 atom stereocenters. The summed E-state index contributed by atoms with van der Waals surface area (Å²) >= 11 is 0. The van der Waals surface area contributed by atoms with E-state index in [2.05, 4.69) is 9.97 Å². The van der Waals surface area contributed by atoms with Crippen LogP contribution in [0.5, 0.6) is 0 Å². The SMILES string of the molecule is CC(c1ccccc1F)N(C)c1cnc(CN)cn1. The average Bonchev–Trinajstić information content (AvgIpc) is 2.46. The largest absolute Gasteiger partial charge is 0.352 e. The lowest BCUT2D eigenvalue weighted by atomic mass is 10.1. The van der Waals surface area contributed by atoms with Gasteiger partial charge in [0.2, 0.25) is 0 Å². The van der Waals surface area contributed by atoms with Gasteiger partial charge < -0.3 is 10.6 Å². The smallest absolute Gasteiger partial charge is 0.147 e. The molecule has 2 aromatic rings. The third-order valence-corrected chi connectivity index (χ3v) is 3.20. The number of nitrogens with zero attached hydrogens (tertiary/aromatic N) is 3. The number of nitrogens with two attached hydrogens (primary N) is 1. The maximum atomic E-state index is 13.8. The van der Waals surface area contributed by atoms with Crippen LogP contribution in [-0.4, -0.2) is 17.0 Å². The Morgan fingerprint density at radius 2 is 2.00 bits per heavy atom. The van der Waals surface area contributed by atoms with Gasteiger partial charge in [-0.05, 0) is 13.0 Å². The Kier molecular flexibility index (Phi) is 4.06. The fourth-order valence-electron chi connectivity index (χ4n) is 1.86. The molecular weight excluding hydrogens is 243 g/mol. The predicted molar refractivity (Wildman–Crippen MR) is 73.1 cm³/mol. The quantitative estimate of drug-likeness (QED) is 0.916. The van der Waals surface area contributed by atoms with E-state index in [0.717, 1.165) is 5.69 Å². The van der Waals surface area contributed by atoms with Crippen LogP contribution in [0.4, 0.5) is 10.2 Å². The minimum absolute atomic E-state index is 0.126. The van der Waals surface area contributed by atoms with Gasteiger partial charge in [0.05, 0.1) is 24.1 Å². The van der Waals surface area contributed by atoms with Crippen molar-refractivity contribution < 1.29 is 4.39 Å². The number of hydrogen-bond acceptors (Lipinski definition) is 4. The van der Waals surface area contributed by atoms with E-state index in [9.17, 15) is 4.39 Å². The van der Waals surface area contributed by atoms with E-state index in [1.807, 2.05) is 24.9 Å². The van der Waals surface area contributed by atoms with Gasteiger partial charge >= 0.3 is 0 Å². The van der Waals surface area contributed by atoms with Crippen LogP contribution in [-0.2, 0) is 6.54 Å². The topological polar surface area (TPSA) is 55.0 Å². The first-order chi connectivity index (χ1) is 9.13. The lowest BCUT2D eigenvalue weighted by molar-refractivity contribution is 0.584.